The first kappa shape index (κ1) is 11.4. The molecule has 0 spiro atoms. The lowest BCUT2D eigenvalue weighted by Gasteiger charge is -2.48. The lowest BCUT2D eigenvalue weighted by molar-refractivity contribution is 0.317. The van der Waals surface area contributed by atoms with Gasteiger partial charge in [0.05, 0.1) is 18.8 Å². The molecule has 1 aromatic heterocycles. The fourth-order valence-corrected chi connectivity index (χ4v) is 1.96. The molecule has 2 rings (SSSR count). The van der Waals surface area contributed by atoms with Gasteiger partial charge in [-0.25, -0.2) is 4.98 Å². The quantitative estimate of drug-likeness (QED) is 0.859. The molecule has 0 bridgehead atoms. The summed E-state index contributed by atoms with van der Waals surface area (Å²) in [4.78, 5) is 10.2. The van der Waals surface area contributed by atoms with Gasteiger partial charge in [-0.15, -0.1) is 0 Å². The van der Waals surface area contributed by atoms with Crippen LogP contribution < -0.4 is 15.4 Å². The van der Waals surface area contributed by atoms with E-state index >= 15 is 0 Å². The Balaban J connectivity index is 2.16. The molecule has 0 saturated carbocycles. The highest BCUT2D eigenvalue weighted by atomic mass is 35.5. The van der Waals surface area contributed by atoms with Gasteiger partial charge in [-0.3, -0.25) is 0 Å². The molecular weight excluding hydrogens is 228 g/mol. The van der Waals surface area contributed by atoms with Crippen molar-refractivity contribution < 1.29 is 4.74 Å². The van der Waals surface area contributed by atoms with Gasteiger partial charge < -0.3 is 15.4 Å². The summed E-state index contributed by atoms with van der Waals surface area (Å²) in [5.74, 6) is 0.697. The first-order valence-electron chi connectivity index (χ1n) is 5.18. The largest absolute Gasteiger partial charge is 0.467 e. The van der Waals surface area contributed by atoms with Gasteiger partial charge in [0.1, 0.15) is 5.02 Å². The van der Waals surface area contributed by atoms with Gasteiger partial charge in [0.25, 0.3) is 0 Å². The van der Waals surface area contributed by atoms with E-state index in [2.05, 4.69) is 16.9 Å². The van der Waals surface area contributed by atoms with E-state index < -0.39 is 0 Å². The maximum absolute atomic E-state index is 6.09. The van der Waals surface area contributed by atoms with Crippen molar-refractivity contribution in [3.63, 3.8) is 0 Å². The molecule has 1 fully saturated rings. The molecule has 0 aromatic carbocycles. The number of halogens is 1. The summed E-state index contributed by atoms with van der Waals surface area (Å²) in [6, 6.07) is 0.324. The van der Waals surface area contributed by atoms with Gasteiger partial charge in [-0.1, -0.05) is 18.5 Å². The summed E-state index contributed by atoms with van der Waals surface area (Å²) in [6.45, 7) is 3.62. The van der Waals surface area contributed by atoms with Crippen LogP contribution in [0.3, 0.4) is 0 Å². The molecule has 2 heterocycles. The van der Waals surface area contributed by atoms with E-state index in [1.54, 1.807) is 6.20 Å². The summed E-state index contributed by atoms with van der Waals surface area (Å²) >= 11 is 6.03. The third kappa shape index (κ3) is 1.92. The molecule has 0 unspecified atom stereocenters. The Morgan fingerprint density at radius 1 is 1.62 bits per heavy atom. The number of methoxy groups -OCH3 is 1. The van der Waals surface area contributed by atoms with E-state index in [4.69, 9.17) is 22.1 Å². The second-order valence-corrected chi connectivity index (χ2v) is 4.51. The van der Waals surface area contributed by atoms with E-state index in [0.29, 0.717) is 16.9 Å². The van der Waals surface area contributed by atoms with Gasteiger partial charge in [0.15, 0.2) is 5.82 Å². The van der Waals surface area contributed by atoms with Crippen LogP contribution in [-0.2, 0) is 0 Å². The number of nitrogens with two attached hydrogens (primary N) is 1. The molecule has 1 aromatic rings. The first-order valence-corrected chi connectivity index (χ1v) is 5.56. The van der Waals surface area contributed by atoms with Crippen LogP contribution in [-0.4, -0.2) is 35.7 Å². The molecule has 0 aliphatic carbocycles. The zero-order valence-electron chi connectivity index (χ0n) is 9.40. The lowest BCUT2D eigenvalue weighted by Crippen LogP contribution is -2.67. The maximum Gasteiger partial charge on any atom is 0.318 e. The average Bonchev–Trinajstić information content (AvgIpc) is 2.26. The molecule has 5 nitrogen and oxygen atoms in total. The molecular formula is C10H15ClN4O. The van der Waals surface area contributed by atoms with Crippen molar-refractivity contribution in [2.75, 3.05) is 25.1 Å². The first-order chi connectivity index (χ1) is 7.58. The zero-order chi connectivity index (χ0) is 11.8. The molecule has 0 radical (unpaired) electrons. The van der Waals surface area contributed by atoms with Crippen molar-refractivity contribution in [1.29, 1.82) is 0 Å². The summed E-state index contributed by atoms with van der Waals surface area (Å²) in [6.07, 6.45) is 2.49. The Kier molecular flexibility index (Phi) is 2.90. The number of hydrogen-bond acceptors (Lipinski definition) is 5. The van der Waals surface area contributed by atoms with Gasteiger partial charge in [0.2, 0.25) is 0 Å². The third-order valence-corrected chi connectivity index (χ3v) is 3.17. The molecule has 88 valence electrons. The number of nitrogens with zero attached hydrogens (tertiary/aromatic N) is 3. The standard InChI is InChI=1S/C10H15ClN4O/c1-3-10(12)5-15(6-10)8-7(11)4-13-9(14-8)16-2/h4H,3,5-6,12H2,1-2H3. The van der Waals surface area contributed by atoms with E-state index in [1.165, 1.54) is 7.11 Å². The van der Waals surface area contributed by atoms with Gasteiger partial charge >= 0.3 is 6.01 Å². The molecule has 6 heteroatoms. The average molecular weight is 243 g/mol. The van der Waals surface area contributed by atoms with Crippen LogP contribution in [0, 0.1) is 0 Å². The monoisotopic (exact) mass is 242 g/mol. The van der Waals surface area contributed by atoms with Gasteiger partial charge in [0, 0.05) is 13.1 Å². The maximum atomic E-state index is 6.09. The Morgan fingerprint density at radius 3 is 2.88 bits per heavy atom. The van der Waals surface area contributed by atoms with E-state index in [-0.39, 0.29) is 5.54 Å². The summed E-state index contributed by atoms with van der Waals surface area (Å²) in [5, 5.41) is 0.527. The van der Waals surface area contributed by atoms with Gasteiger partial charge in [-0.2, -0.15) is 4.98 Å². The minimum atomic E-state index is -0.110. The molecule has 1 aliphatic heterocycles. The second kappa shape index (κ2) is 4.07. The van der Waals surface area contributed by atoms with Crippen molar-refractivity contribution in [3.8, 4) is 6.01 Å². The van der Waals surface area contributed by atoms with Crippen LogP contribution in [0.2, 0.25) is 5.02 Å². The van der Waals surface area contributed by atoms with Gasteiger partial charge in [-0.05, 0) is 6.42 Å². The SMILES string of the molecule is CCC1(N)CN(c2nc(OC)ncc2Cl)C1. The van der Waals surface area contributed by atoms with Crippen LogP contribution in [0.4, 0.5) is 5.82 Å². The summed E-state index contributed by atoms with van der Waals surface area (Å²) in [5.41, 5.74) is 5.98. The van der Waals surface area contributed by atoms with Crippen LogP contribution >= 0.6 is 11.6 Å². The highest BCUT2D eigenvalue weighted by Gasteiger charge is 2.39. The lowest BCUT2D eigenvalue weighted by atomic mass is 9.88. The van der Waals surface area contributed by atoms with E-state index in [1.807, 2.05) is 4.90 Å². The molecule has 16 heavy (non-hydrogen) atoms. The topological polar surface area (TPSA) is 64.3 Å². The third-order valence-electron chi connectivity index (χ3n) is 2.90. The number of aromatic nitrogens is 2. The van der Waals surface area contributed by atoms with Crippen LogP contribution in [0.1, 0.15) is 13.3 Å². The number of anilines is 1. The Morgan fingerprint density at radius 2 is 2.31 bits per heavy atom. The predicted molar refractivity (Wildman–Crippen MR) is 63.0 cm³/mol. The molecule has 1 aliphatic rings. The minimum absolute atomic E-state index is 0.110. The zero-order valence-corrected chi connectivity index (χ0v) is 10.2. The normalized spacial score (nSPS) is 18.1. The Labute approximate surface area is 99.6 Å². The molecule has 2 N–H and O–H groups in total. The highest BCUT2D eigenvalue weighted by molar-refractivity contribution is 6.32. The van der Waals surface area contributed by atoms with Crippen molar-refractivity contribution in [1.82, 2.24) is 9.97 Å². The van der Waals surface area contributed by atoms with Crippen molar-refractivity contribution >= 4 is 17.4 Å². The van der Waals surface area contributed by atoms with Crippen molar-refractivity contribution in [2.45, 2.75) is 18.9 Å². The van der Waals surface area contributed by atoms with Crippen LogP contribution in [0.5, 0.6) is 6.01 Å². The molecule has 0 atom stereocenters. The number of rotatable bonds is 3. The summed E-state index contributed by atoms with van der Waals surface area (Å²) < 4.78 is 4.97. The smallest absolute Gasteiger partial charge is 0.318 e. The predicted octanol–water partition coefficient (Wildman–Crippen LogP) is 1.07. The number of ether oxygens (including phenoxy) is 1. The van der Waals surface area contributed by atoms with Crippen LogP contribution in [0.15, 0.2) is 6.20 Å². The van der Waals surface area contributed by atoms with Crippen molar-refractivity contribution in [3.05, 3.63) is 11.2 Å². The fourth-order valence-electron chi connectivity index (χ4n) is 1.75. The molecule has 0 amide bonds. The van der Waals surface area contributed by atoms with Crippen molar-refractivity contribution in [2.24, 2.45) is 5.73 Å². The number of hydrogen-bond donors (Lipinski definition) is 1. The second-order valence-electron chi connectivity index (χ2n) is 4.10. The molecule has 1 saturated heterocycles. The Bertz CT molecular complexity index is 392. The van der Waals surface area contributed by atoms with E-state index in [0.717, 1.165) is 19.5 Å². The minimum Gasteiger partial charge on any atom is -0.467 e. The van der Waals surface area contributed by atoms with E-state index in [9.17, 15) is 0 Å². The van der Waals surface area contributed by atoms with Crippen LogP contribution in [0.25, 0.3) is 0 Å². The Hall–Kier alpha value is -1.07. The highest BCUT2D eigenvalue weighted by Crippen LogP contribution is 2.32. The summed E-state index contributed by atoms with van der Waals surface area (Å²) in [7, 11) is 1.53. The fraction of sp³-hybridized carbons (Fsp3) is 0.600.